The molecule has 0 spiro atoms. The highest BCUT2D eigenvalue weighted by molar-refractivity contribution is 6.30. The van der Waals surface area contributed by atoms with Gasteiger partial charge in [-0.05, 0) is 43.2 Å². The highest BCUT2D eigenvalue weighted by atomic mass is 35.5. The van der Waals surface area contributed by atoms with Crippen LogP contribution >= 0.6 is 11.6 Å². The van der Waals surface area contributed by atoms with Crippen molar-refractivity contribution in [2.24, 2.45) is 0 Å². The normalized spacial score (nSPS) is 14.3. The van der Waals surface area contributed by atoms with E-state index in [1.807, 2.05) is 42.5 Å². The van der Waals surface area contributed by atoms with Crippen LogP contribution in [-0.2, 0) is 6.54 Å². The Labute approximate surface area is 164 Å². The smallest absolute Gasteiger partial charge is 0.264 e. The fourth-order valence-electron chi connectivity index (χ4n) is 3.47. The molecule has 5 nitrogen and oxygen atoms in total. The summed E-state index contributed by atoms with van der Waals surface area (Å²) >= 11 is 6.09. The van der Waals surface area contributed by atoms with Crippen LogP contribution in [0.4, 0.5) is 11.5 Å². The lowest BCUT2D eigenvalue weighted by molar-refractivity contribution is 0.522. The molecule has 2 heterocycles. The van der Waals surface area contributed by atoms with E-state index in [9.17, 15) is 4.79 Å². The fourth-order valence-corrected chi connectivity index (χ4v) is 3.66. The van der Waals surface area contributed by atoms with Gasteiger partial charge in [-0.1, -0.05) is 44.0 Å². The van der Waals surface area contributed by atoms with Crippen molar-refractivity contribution in [2.45, 2.75) is 45.7 Å². The van der Waals surface area contributed by atoms with Crippen LogP contribution in [0.15, 0.2) is 53.5 Å². The second-order valence-electron chi connectivity index (χ2n) is 6.67. The van der Waals surface area contributed by atoms with E-state index in [0.717, 1.165) is 5.69 Å². The van der Waals surface area contributed by atoms with Crippen LogP contribution in [0.3, 0.4) is 0 Å². The zero-order chi connectivity index (χ0) is 17.9. The van der Waals surface area contributed by atoms with E-state index in [0.29, 0.717) is 34.6 Å². The first-order chi connectivity index (χ1) is 12.7. The molecule has 0 atom stereocenters. The molecule has 0 amide bonds. The second kappa shape index (κ2) is 8.55. The van der Waals surface area contributed by atoms with Crippen LogP contribution in [-0.4, -0.2) is 15.4 Å². The lowest BCUT2D eigenvalue weighted by Crippen LogP contribution is -2.31. The fraction of sp³-hybridized carbons (Fsp3) is 0.333. The van der Waals surface area contributed by atoms with Gasteiger partial charge in [0.15, 0.2) is 0 Å². The topological polar surface area (TPSA) is 58.4 Å². The van der Waals surface area contributed by atoms with Gasteiger partial charge in [-0.3, -0.25) is 9.20 Å². The number of anilines is 2. The van der Waals surface area contributed by atoms with E-state index >= 15 is 0 Å². The summed E-state index contributed by atoms with van der Waals surface area (Å²) in [5.74, 6) is 0.578. The number of halogens is 1. The number of nitrogens with one attached hydrogen (secondary N) is 2. The molecule has 1 aliphatic rings. The Morgan fingerprint density at radius 2 is 1.96 bits per heavy atom. The first-order valence-corrected chi connectivity index (χ1v) is 9.35. The Balaban J connectivity index is 0.00000210. The summed E-state index contributed by atoms with van der Waals surface area (Å²) in [5.41, 5.74) is 2.02. The quantitative estimate of drug-likeness (QED) is 0.665. The zero-order valence-electron chi connectivity index (χ0n) is 14.4. The summed E-state index contributed by atoms with van der Waals surface area (Å²) in [7, 11) is 0. The van der Waals surface area contributed by atoms with Crippen LogP contribution in [0, 0.1) is 0 Å². The minimum atomic E-state index is -0.0503. The van der Waals surface area contributed by atoms with Crippen molar-refractivity contribution in [3.8, 4) is 0 Å². The van der Waals surface area contributed by atoms with Gasteiger partial charge in [-0.15, -0.1) is 0 Å². The molecule has 1 aromatic carbocycles. The third-order valence-corrected chi connectivity index (χ3v) is 5.07. The maximum absolute atomic E-state index is 13.0. The molecule has 0 aliphatic heterocycles. The SMILES string of the molecule is C.O=c1c(CNC2CCCC2)c(Nc2cccc(Cl)c2)nc2ccccn12. The van der Waals surface area contributed by atoms with Crippen molar-refractivity contribution in [1.29, 1.82) is 0 Å². The van der Waals surface area contributed by atoms with E-state index in [2.05, 4.69) is 15.6 Å². The molecular formula is C21H25ClN4O. The van der Waals surface area contributed by atoms with Gasteiger partial charge in [0.25, 0.3) is 5.56 Å². The third-order valence-electron chi connectivity index (χ3n) is 4.84. The molecule has 1 saturated carbocycles. The van der Waals surface area contributed by atoms with Crippen LogP contribution in [0.1, 0.15) is 38.7 Å². The summed E-state index contributed by atoms with van der Waals surface area (Å²) in [6, 6.07) is 13.4. The summed E-state index contributed by atoms with van der Waals surface area (Å²) in [5, 5.41) is 7.43. The van der Waals surface area contributed by atoms with Gasteiger partial charge in [0.05, 0.1) is 5.56 Å². The van der Waals surface area contributed by atoms with Gasteiger partial charge in [0.1, 0.15) is 11.5 Å². The molecule has 0 radical (unpaired) electrons. The Kier molecular flexibility index (Phi) is 6.14. The second-order valence-corrected chi connectivity index (χ2v) is 7.11. The van der Waals surface area contributed by atoms with Crippen molar-refractivity contribution in [3.63, 3.8) is 0 Å². The molecular weight excluding hydrogens is 360 g/mol. The number of nitrogens with zero attached hydrogens (tertiary/aromatic N) is 2. The van der Waals surface area contributed by atoms with Crippen molar-refractivity contribution in [3.05, 3.63) is 69.6 Å². The molecule has 1 fully saturated rings. The predicted molar refractivity (Wildman–Crippen MR) is 112 cm³/mol. The summed E-state index contributed by atoms with van der Waals surface area (Å²) in [4.78, 5) is 17.7. The molecule has 0 saturated heterocycles. The minimum Gasteiger partial charge on any atom is -0.340 e. The average Bonchev–Trinajstić information content (AvgIpc) is 3.15. The Hall–Kier alpha value is -2.37. The van der Waals surface area contributed by atoms with Gasteiger partial charge in [0, 0.05) is 29.5 Å². The molecule has 1 aliphatic carbocycles. The first-order valence-electron chi connectivity index (χ1n) is 8.97. The number of hydrogen-bond acceptors (Lipinski definition) is 4. The number of rotatable bonds is 5. The van der Waals surface area contributed by atoms with E-state index in [4.69, 9.17) is 11.6 Å². The van der Waals surface area contributed by atoms with Crippen LogP contribution in [0.25, 0.3) is 5.65 Å². The lowest BCUT2D eigenvalue weighted by Gasteiger charge is -2.16. The molecule has 4 rings (SSSR count). The summed E-state index contributed by atoms with van der Waals surface area (Å²) in [6.07, 6.45) is 6.59. The van der Waals surface area contributed by atoms with Crippen molar-refractivity contribution in [2.75, 3.05) is 5.32 Å². The first kappa shape index (κ1) is 19.4. The maximum atomic E-state index is 13.0. The largest absolute Gasteiger partial charge is 0.340 e. The maximum Gasteiger partial charge on any atom is 0.264 e. The van der Waals surface area contributed by atoms with E-state index in [1.54, 1.807) is 10.6 Å². The lowest BCUT2D eigenvalue weighted by atomic mass is 10.2. The Morgan fingerprint density at radius 3 is 2.74 bits per heavy atom. The minimum absolute atomic E-state index is 0. The van der Waals surface area contributed by atoms with Crippen LogP contribution in [0.5, 0.6) is 0 Å². The Bertz CT molecular complexity index is 979. The summed E-state index contributed by atoms with van der Waals surface area (Å²) in [6.45, 7) is 0.497. The van der Waals surface area contributed by atoms with Crippen LogP contribution < -0.4 is 16.2 Å². The van der Waals surface area contributed by atoms with Gasteiger partial charge in [-0.2, -0.15) is 0 Å². The van der Waals surface area contributed by atoms with Gasteiger partial charge in [-0.25, -0.2) is 4.98 Å². The van der Waals surface area contributed by atoms with Gasteiger partial charge in [0.2, 0.25) is 0 Å². The molecule has 6 heteroatoms. The number of hydrogen-bond donors (Lipinski definition) is 2. The van der Waals surface area contributed by atoms with Crippen molar-refractivity contribution < 1.29 is 0 Å². The Morgan fingerprint density at radius 1 is 1.15 bits per heavy atom. The molecule has 27 heavy (non-hydrogen) atoms. The summed E-state index contributed by atoms with van der Waals surface area (Å²) < 4.78 is 1.59. The standard InChI is InChI=1S/C20H21ClN4O.CH4/c21-14-6-5-9-16(12-14)23-19-17(13-22-15-7-1-2-8-15)20(26)25-11-4-3-10-18(25)24-19;/h3-6,9-12,15,22-23H,1-2,7-8,13H2;1H4. The molecule has 2 aromatic heterocycles. The van der Waals surface area contributed by atoms with Crippen LogP contribution in [0.2, 0.25) is 5.02 Å². The molecule has 2 N–H and O–H groups in total. The van der Waals surface area contributed by atoms with Crippen molar-refractivity contribution in [1.82, 2.24) is 14.7 Å². The monoisotopic (exact) mass is 384 g/mol. The number of fused-ring (bicyclic) bond motifs is 1. The van der Waals surface area contributed by atoms with Crippen molar-refractivity contribution >= 4 is 28.8 Å². The number of benzene rings is 1. The molecule has 142 valence electrons. The number of pyridine rings is 1. The molecule has 0 bridgehead atoms. The van der Waals surface area contributed by atoms with Gasteiger partial charge >= 0.3 is 0 Å². The highest BCUT2D eigenvalue weighted by Gasteiger charge is 2.18. The van der Waals surface area contributed by atoms with E-state index < -0.39 is 0 Å². The predicted octanol–water partition coefficient (Wildman–Crippen LogP) is 4.76. The van der Waals surface area contributed by atoms with E-state index in [1.165, 1.54) is 25.7 Å². The molecule has 0 unspecified atom stereocenters. The zero-order valence-corrected chi connectivity index (χ0v) is 15.2. The number of aromatic nitrogens is 2. The molecule has 3 aromatic rings. The highest BCUT2D eigenvalue weighted by Crippen LogP contribution is 2.22. The third kappa shape index (κ3) is 4.31. The van der Waals surface area contributed by atoms with E-state index in [-0.39, 0.29) is 13.0 Å². The average molecular weight is 385 g/mol. The van der Waals surface area contributed by atoms with Gasteiger partial charge < -0.3 is 10.6 Å².